The second-order valence-electron chi connectivity index (χ2n) is 36.1. The summed E-state index contributed by atoms with van der Waals surface area (Å²) in [6.07, 6.45) is 0. The van der Waals surface area contributed by atoms with Crippen LogP contribution in [0.1, 0.15) is 66.8 Å². The van der Waals surface area contributed by atoms with Gasteiger partial charge in [-0.05, 0) is 251 Å². The van der Waals surface area contributed by atoms with Gasteiger partial charge in [0.2, 0.25) is 0 Å². The van der Waals surface area contributed by atoms with E-state index in [0.29, 0.717) is 11.5 Å². The van der Waals surface area contributed by atoms with Crippen molar-refractivity contribution in [3.8, 4) is 113 Å². The maximum atomic E-state index is 9.57. The van der Waals surface area contributed by atoms with Gasteiger partial charge >= 0.3 is 0 Å². The Bertz CT molecular complexity index is 7540. The summed E-state index contributed by atoms with van der Waals surface area (Å²) in [5.41, 5.74) is 25.9. The Labute approximate surface area is 854 Å². The monoisotopic (exact) mass is 1940 g/mol. The van der Waals surface area contributed by atoms with Gasteiger partial charge in [-0.2, -0.15) is 0 Å². The largest absolute Gasteiger partial charge is 0.491 e. The summed E-state index contributed by atoms with van der Waals surface area (Å²) in [4.78, 5) is 0. The SMILES string of the molecule is OCCOc1ccc(C2(c3ccc(OCCO)c(-c4ccccc4)c3)c3ccccc3-c3ccccc32)cc1-c1ccccc1.OCCOc1ccc(C2(c3ccc(OCCO)cc3)c3ccccc3-c3ccccc32)cc1.OCCOc1ccc2cc(C3(c4ccc5cc(OCCO)ccc5c4)c4ccccc4-c4ccccc43)ccc2c1.OCCOc1ccc2ccccc2c1-c1c(OCCO)ccc2ccccc12. The molecule has 732 valence electrons. The Morgan fingerprint density at radius 2 is 0.381 bits per heavy atom. The molecule has 23 rings (SSSR count). The van der Waals surface area contributed by atoms with Crippen LogP contribution in [0.3, 0.4) is 0 Å². The molecule has 3 aliphatic carbocycles. The predicted octanol–water partition coefficient (Wildman–Crippen LogP) is 24.4. The average Bonchev–Trinajstić information content (AvgIpc) is 1.55. The highest BCUT2D eigenvalue weighted by atomic mass is 16.5. The van der Waals surface area contributed by atoms with E-state index in [9.17, 15) is 20.4 Å². The van der Waals surface area contributed by atoms with Crippen LogP contribution in [0.5, 0.6) is 46.0 Å². The molecule has 0 fully saturated rings. The van der Waals surface area contributed by atoms with Gasteiger partial charge in [-0.1, -0.05) is 340 Å². The molecule has 20 aromatic rings. The third kappa shape index (κ3) is 19.2. The molecule has 0 amide bonds. The van der Waals surface area contributed by atoms with E-state index in [1.165, 1.54) is 77.9 Å². The van der Waals surface area contributed by atoms with Crippen molar-refractivity contribution < 1.29 is 78.7 Å². The van der Waals surface area contributed by atoms with Gasteiger partial charge in [-0.25, -0.2) is 0 Å². The van der Waals surface area contributed by atoms with Crippen LogP contribution >= 0.6 is 0 Å². The third-order valence-corrected chi connectivity index (χ3v) is 27.8. The minimum Gasteiger partial charge on any atom is -0.491 e. The normalized spacial score (nSPS) is 12.7. The van der Waals surface area contributed by atoms with E-state index in [1.807, 2.05) is 146 Å². The Balaban J connectivity index is 0.000000121. The standard InChI is InChI=1S/C41H34O4.C37H30O4.C29H26O4.C24H22O4/c42-23-25-44-39-21-19-31(27-35(39)29-11-3-1-4-12-29)41(37-17-9-7-15-33(37)34-16-8-10-18-38(34)41)32-20-22-40(45-26-24-43)36(28-32)30-13-5-2-6-14-30;38-17-19-40-31-15-11-25-21-29(13-9-27(25)23-31)37(35-7-3-1-5-33(35)34-6-2-4-8-36(34)37)30-14-10-28-24-32(41-20-18-39)16-12-26(28)22-30;30-17-19-32-23-13-9-21(10-14-23)29(22-11-15-24(16-12-22)33-20-18-31)27-7-3-1-5-25(27)26-6-2-4-8-28(26)29;25-13-15-27-21-11-9-17-5-1-3-7-19(17)23(21)24-20-8-4-2-6-18(20)10-12-22(24)28-16-14-26/h1-22,27-28,42-43H,23-26H2;1-16,21-24,38-39H,17-20H2;1-16,30-31H,17-20H2;1-12,25-26H,13-16H2. The van der Waals surface area contributed by atoms with Gasteiger partial charge in [0.15, 0.2) is 0 Å². The third-order valence-electron chi connectivity index (χ3n) is 27.8. The number of hydrogen-bond donors (Lipinski definition) is 8. The minimum absolute atomic E-state index is 0.0128. The molecule has 0 saturated carbocycles. The first-order chi connectivity index (χ1) is 72.6. The first-order valence-corrected chi connectivity index (χ1v) is 49.8. The molecule has 0 bridgehead atoms. The molecule has 0 unspecified atom stereocenters. The van der Waals surface area contributed by atoms with E-state index in [-0.39, 0.29) is 106 Å². The van der Waals surface area contributed by atoms with Gasteiger partial charge < -0.3 is 78.7 Å². The molecule has 16 nitrogen and oxygen atoms in total. The molecule has 0 aliphatic heterocycles. The van der Waals surface area contributed by atoms with E-state index in [1.54, 1.807) is 0 Å². The number of fused-ring (bicyclic) bond motifs is 13. The Morgan fingerprint density at radius 3 is 0.707 bits per heavy atom. The first-order valence-electron chi connectivity index (χ1n) is 49.8. The molecule has 0 spiro atoms. The van der Waals surface area contributed by atoms with Gasteiger partial charge in [0.1, 0.15) is 98.9 Å². The number of aliphatic hydroxyl groups is 8. The first kappa shape index (κ1) is 97.9. The Kier molecular flexibility index (Phi) is 30.1. The van der Waals surface area contributed by atoms with Crippen LogP contribution in [0.25, 0.3) is 110 Å². The topological polar surface area (TPSA) is 236 Å². The van der Waals surface area contributed by atoms with Gasteiger partial charge in [0.25, 0.3) is 0 Å². The van der Waals surface area contributed by atoms with Crippen molar-refractivity contribution in [1.29, 1.82) is 0 Å². The molecule has 0 aromatic heterocycles. The Morgan fingerprint density at radius 1 is 0.156 bits per heavy atom. The molecule has 16 heteroatoms. The summed E-state index contributed by atoms with van der Waals surface area (Å²) in [6.45, 7) is 1.64. The van der Waals surface area contributed by atoms with E-state index < -0.39 is 16.2 Å². The fourth-order valence-corrected chi connectivity index (χ4v) is 21.8. The zero-order valence-electron chi connectivity index (χ0n) is 81.2. The summed E-state index contributed by atoms with van der Waals surface area (Å²) in [5, 5.41) is 82.9. The zero-order chi connectivity index (χ0) is 100. The molecular weight excluding hydrogens is 1830 g/mol. The second kappa shape index (κ2) is 45.2. The van der Waals surface area contributed by atoms with E-state index in [2.05, 4.69) is 291 Å². The molecular formula is C131H112O16. The smallest absolute Gasteiger partial charge is 0.128 e. The Hall–Kier alpha value is -16.5. The zero-order valence-corrected chi connectivity index (χ0v) is 81.2. The maximum Gasteiger partial charge on any atom is 0.128 e. The predicted molar refractivity (Wildman–Crippen MR) is 585 cm³/mol. The number of rotatable bonds is 33. The van der Waals surface area contributed by atoms with Crippen molar-refractivity contribution in [1.82, 2.24) is 0 Å². The fourth-order valence-electron chi connectivity index (χ4n) is 21.8. The maximum absolute atomic E-state index is 9.57. The van der Waals surface area contributed by atoms with Crippen molar-refractivity contribution in [2.24, 2.45) is 0 Å². The van der Waals surface area contributed by atoms with Crippen LogP contribution in [0.4, 0.5) is 0 Å². The van der Waals surface area contributed by atoms with Crippen LogP contribution in [0, 0.1) is 0 Å². The number of hydrogen-bond acceptors (Lipinski definition) is 16. The lowest BCUT2D eigenvalue weighted by molar-refractivity contribution is 0.200. The summed E-state index contributed by atoms with van der Waals surface area (Å²) in [5.74, 6) is 5.81. The molecule has 0 atom stereocenters. The van der Waals surface area contributed by atoms with Crippen LogP contribution in [0.15, 0.2) is 437 Å². The van der Waals surface area contributed by atoms with E-state index in [4.69, 9.17) is 58.3 Å². The highest BCUT2D eigenvalue weighted by Crippen LogP contribution is 2.61. The van der Waals surface area contributed by atoms with E-state index >= 15 is 0 Å². The van der Waals surface area contributed by atoms with Crippen molar-refractivity contribution in [3.63, 3.8) is 0 Å². The van der Waals surface area contributed by atoms with Crippen molar-refractivity contribution in [2.75, 3.05) is 106 Å². The fraction of sp³-hybridized carbons (Fsp3) is 0.145. The van der Waals surface area contributed by atoms with Crippen LogP contribution in [0.2, 0.25) is 0 Å². The van der Waals surface area contributed by atoms with Crippen LogP contribution in [-0.4, -0.2) is 147 Å². The summed E-state index contributed by atoms with van der Waals surface area (Å²) in [6, 6.07) is 152. The molecule has 0 radical (unpaired) electrons. The van der Waals surface area contributed by atoms with Gasteiger partial charge in [0, 0.05) is 22.3 Å². The summed E-state index contributed by atoms with van der Waals surface area (Å²) < 4.78 is 46.5. The highest BCUT2D eigenvalue weighted by molar-refractivity contribution is 6.10. The lowest BCUT2D eigenvalue weighted by Gasteiger charge is -2.35. The molecule has 0 heterocycles. The lowest BCUT2D eigenvalue weighted by atomic mass is 9.67. The molecule has 20 aromatic carbocycles. The van der Waals surface area contributed by atoms with Gasteiger partial charge in [0.05, 0.1) is 69.1 Å². The van der Waals surface area contributed by atoms with Crippen LogP contribution < -0.4 is 37.9 Å². The van der Waals surface area contributed by atoms with Crippen molar-refractivity contribution in [3.05, 3.63) is 504 Å². The van der Waals surface area contributed by atoms with Crippen LogP contribution in [-0.2, 0) is 16.2 Å². The van der Waals surface area contributed by atoms with Crippen molar-refractivity contribution in [2.45, 2.75) is 16.2 Å². The van der Waals surface area contributed by atoms with E-state index in [0.717, 1.165) is 133 Å². The van der Waals surface area contributed by atoms with Crippen molar-refractivity contribution >= 4 is 43.1 Å². The number of aliphatic hydroxyl groups excluding tert-OH is 8. The average molecular weight is 1940 g/mol. The number of benzene rings is 20. The van der Waals surface area contributed by atoms with Gasteiger partial charge in [-0.3, -0.25) is 0 Å². The lowest BCUT2D eigenvalue weighted by Crippen LogP contribution is -2.29. The second-order valence-corrected chi connectivity index (χ2v) is 36.1. The highest BCUT2D eigenvalue weighted by Gasteiger charge is 2.50. The molecule has 0 saturated heterocycles. The summed E-state index contributed by atoms with van der Waals surface area (Å²) in [7, 11) is 0. The number of ether oxygens (including phenoxy) is 8. The molecule has 147 heavy (non-hydrogen) atoms. The quantitative estimate of drug-likeness (QED) is 0.0191. The summed E-state index contributed by atoms with van der Waals surface area (Å²) >= 11 is 0. The molecule has 3 aliphatic rings. The molecule has 8 N–H and O–H groups in total. The minimum atomic E-state index is -0.648. The van der Waals surface area contributed by atoms with Gasteiger partial charge in [-0.15, -0.1) is 0 Å².